The van der Waals surface area contributed by atoms with Gasteiger partial charge in [-0.15, -0.1) is 0 Å². The SMILES string of the molecule is CCc1c(-c2ccc3ncccc3c2)noc1N. The Hall–Kier alpha value is -2.36. The summed E-state index contributed by atoms with van der Waals surface area (Å²) in [6, 6.07) is 9.98. The molecule has 0 aliphatic heterocycles. The first-order valence-corrected chi connectivity index (χ1v) is 5.88. The molecule has 0 fully saturated rings. The highest BCUT2D eigenvalue weighted by molar-refractivity contribution is 5.84. The van der Waals surface area contributed by atoms with Crippen LogP contribution < -0.4 is 5.73 Å². The Morgan fingerprint density at radius 2 is 2.17 bits per heavy atom. The van der Waals surface area contributed by atoms with E-state index >= 15 is 0 Å². The highest BCUT2D eigenvalue weighted by Crippen LogP contribution is 2.29. The van der Waals surface area contributed by atoms with Gasteiger partial charge in [-0.2, -0.15) is 0 Å². The van der Waals surface area contributed by atoms with E-state index in [9.17, 15) is 0 Å². The molecule has 2 N–H and O–H groups in total. The van der Waals surface area contributed by atoms with Gasteiger partial charge in [0.25, 0.3) is 0 Å². The van der Waals surface area contributed by atoms with Crippen molar-refractivity contribution in [2.24, 2.45) is 0 Å². The number of aromatic nitrogens is 2. The summed E-state index contributed by atoms with van der Waals surface area (Å²) < 4.78 is 5.07. The Bertz CT molecular complexity index is 703. The van der Waals surface area contributed by atoms with Gasteiger partial charge in [0.05, 0.1) is 5.52 Å². The lowest BCUT2D eigenvalue weighted by Gasteiger charge is -2.01. The molecule has 0 aliphatic carbocycles. The molecule has 0 saturated carbocycles. The zero-order valence-corrected chi connectivity index (χ0v) is 10.1. The van der Waals surface area contributed by atoms with Crippen LogP contribution in [0.2, 0.25) is 0 Å². The first-order valence-electron chi connectivity index (χ1n) is 5.88. The van der Waals surface area contributed by atoms with E-state index in [1.165, 1.54) is 0 Å². The van der Waals surface area contributed by atoms with Gasteiger partial charge in [0, 0.05) is 22.7 Å². The van der Waals surface area contributed by atoms with E-state index in [0.717, 1.165) is 34.1 Å². The molecule has 3 aromatic rings. The van der Waals surface area contributed by atoms with Crippen LogP contribution in [0.3, 0.4) is 0 Å². The largest absolute Gasteiger partial charge is 0.367 e. The highest BCUT2D eigenvalue weighted by Gasteiger charge is 2.13. The fraction of sp³-hybridized carbons (Fsp3) is 0.143. The molecule has 0 aliphatic rings. The van der Waals surface area contributed by atoms with Gasteiger partial charge in [0.2, 0.25) is 5.88 Å². The van der Waals surface area contributed by atoms with Gasteiger partial charge < -0.3 is 10.3 Å². The lowest BCUT2D eigenvalue weighted by molar-refractivity contribution is 0.438. The van der Waals surface area contributed by atoms with Crippen LogP contribution >= 0.6 is 0 Å². The van der Waals surface area contributed by atoms with E-state index in [-0.39, 0.29) is 0 Å². The van der Waals surface area contributed by atoms with Crippen molar-refractivity contribution in [3.63, 3.8) is 0 Å². The monoisotopic (exact) mass is 239 g/mol. The maximum absolute atomic E-state index is 5.76. The summed E-state index contributed by atoms with van der Waals surface area (Å²) in [7, 11) is 0. The van der Waals surface area contributed by atoms with Gasteiger partial charge in [0.15, 0.2) is 0 Å². The van der Waals surface area contributed by atoms with E-state index in [1.807, 2.05) is 31.2 Å². The van der Waals surface area contributed by atoms with Crippen LogP contribution in [0, 0.1) is 0 Å². The van der Waals surface area contributed by atoms with Crippen LogP contribution in [0.1, 0.15) is 12.5 Å². The molecule has 0 bridgehead atoms. The number of rotatable bonds is 2. The summed E-state index contributed by atoms with van der Waals surface area (Å²) in [6.07, 6.45) is 2.59. The first-order chi connectivity index (χ1) is 8.79. The summed E-state index contributed by atoms with van der Waals surface area (Å²) in [5.41, 5.74) is 9.51. The van der Waals surface area contributed by atoms with Gasteiger partial charge in [-0.3, -0.25) is 4.98 Å². The summed E-state index contributed by atoms with van der Waals surface area (Å²) in [6.45, 7) is 2.04. The van der Waals surface area contributed by atoms with E-state index in [4.69, 9.17) is 10.3 Å². The van der Waals surface area contributed by atoms with E-state index in [1.54, 1.807) is 6.20 Å². The average Bonchev–Trinajstić information content (AvgIpc) is 2.79. The Morgan fingerprint density at radius 3 is 3.00 bits per heavy atom. The molecule has 4 heteroatoms. The number of fused-ring (bicyclic) bond motifs is 1. The molecule has 0 spiro atoms. The Kier molecular flexibility index (Phi) is 2.48. The molecule has 0 unspecified atom stereocenters. The molecule has 18 heavy (non-hydrogen) atoms. The molecule has 2 aromatic heterocycles. The van der Waals surface area contributed by atoms with E-state index in [0.29, 0.717) is 5.88 Å². The fourth-order valence-corrected chi connectivity index (χ4v) is 2.11. The molecule has 90 valence electrons. The van der Waals surface area contributed by atoms with E-state index in [2.05, 4.69) is 16.2 Å². The second kappa shape index (κ2) is 4.14. The van der Waals surface area contributed by atoms with Crippen LogP contribution in [-0.2, 0) is 6.42 Å². The Morgan fingerprint density at radius 1 is 1.28 bits per heavy atom. The van der Waals surface area contributed by atoms with Crippen molar-refractivity contribution in [3.05, 3.63) is 42.1 Å². The summed E-state index contributed by atoms with van der Waals surface area (Å²) in [5.74, 6) is 0.402. The molecule has 0 saturated heterocycles. The molecule has 0 amide bonds. The zero-order chi connectivity index (χ0) is 12.5. The minimum atomic E-state index is 0.402. The van der Waals surface area contributed by atoms with Crippen molar-refractivity contribution >= 4 is 16.8 Å². The number of nitrogen functional groups attached to an aromatic ring is 1. The number of pyridine rings is 1. The molecule has 0 atom stereocenters. The molecule has 2 heterocycles. The maximum Gasteiger partial charge on any atom is 0.225 e. The second-order valence-corrected chi connectivity index (χ2v) is 4.14. The number of anilines is 1. The van der Waals surface area contributed by atoms with Crippen LogP contribution in [0.5, 0.6) is 0 Å². The third-order valence-corrected chi connectivity index (χ3v) is 3.05. The topological polar surface area (TPSA) is 64.9 Å². The summed E-state index contributed by atoms with van der Waals surface area (Å²) in [4.78, 5) is 4.30. The zero-order valence-electron chi connectivity index (χ0n) is 10.1. The summed E-state index contributed by atoms with van der Waals surface area (Å²) >= 11 is 0. The predicted octanol–water partition coefficient (Wildman–Crippen LogP) is 3.03. The van der Waals surface area contributed by atoms with Gasteiger partial charge in [0.1, 0.15) is 5.69 Å². The molecular weight excluding hydrogens is 226 g/mol. The van der Waals surface area contributed by atoms with Crippen molar-refractivity contribution in [1.82, 2.24) is 10.1 Å². The van der Waals surface area contributed by atoms with Crippen LogP contribution in [-0.4, -0.2) is 10.1 Å². The van der Waals surface area contributed by atoms with Crippen LogP contribution in [0.15, 0.2) is 41.1 Å². The standard InChI is InChI=1S/C14H13N3O/c1-2-11-13(17-18-14(11)15)10-5-6-12-9(8-10)4-3-7-16-12/h3-8H,2,15H2,1H3. The third kappa shape index (κ3) is 1.62. The van der Waals surface area contributed by atoms with Crippen LogP contribution in [0.4, 0.5) is 5.88 Å². The third-order valence-electron chi connectivity index (χ3n) is 3.05. The van der Waals surface area contributed by atoms with Crippen molar-refractivity contribution in [2.75, 3.05) is 5.73 Å². The van der Waals surface area contributed by atoms with Crippen LogP contribution in [0.25, 0.3) is 22.2 Å². The van der Waals surface area contributed by atoms with E-state index < -0.39 is 0 Å². The molecule has 3 rings (SSSR count). The average molecular weight is 239 g/mol. The maximum atomic E-state index is 5.76. The number of hydrogen-bond donors (Lipinski definition) is 1. The lowest BCUT2D eigenvalue weighted by atomic mass is 10.0. The minimum Gasteiger partial charge on any atom is -0.367 e. The Balaban J connectivity index is 2.19. The first kappa shape index (κ1) is 10.8. The molecule has 4 nitrogen and oxygen atoms in total. The second-order valence-electron chi connectivity index (χ2n) is 4.14. The predicted molar refractivity (Wildman–Crippen MR) is 71.0 cm³/mol. The highest BCUT2D eigenvalue weighted by atomic mass is 16.5. The van der Waals surface area contributed by atoms with Gasteiger partial charge in [-0.05, 0) is 24.6 Å². The molecule has 1 aromatic carbocycles. The van der Waals surface area contributed by atoms with Crippen molar-refractivity contribution in [3.8, 4) is 11.3 Å². The fourth-order valence-electron chi connectivity index (χ4n) is 2.11. The minimum absolute atomic E-state index is 0.402. The van der Waals surface area contributed by atoms with Gasteiger partial charge in [-0.25, -0.2) is 0 Å². The molecular formula is C14H13N3O. The Labute approximate surface area is 104 Å². The normalized spacial score (nSPS) is 10.9. The van der Waals surface area contributed by atoms with Gasteiger partial charge >= 0.3 is 0 Å². The quantitative estimate of drug-likeness (QED) is 0.746. The summed E-state index contributed by atoms with van der Waals surface area (Å²) in [5, 5.41) is 5.13. The lowest BCUT2D eigenvalue weighted by Crippen LogP contribution is -1.90. The smallest absolute Gasteiger partial charge is 0.225 e. The number of benzene rings is 1. The van der Waals surface area contributed by atoms with Crippen molar-refractivity contribution in [1.29, 1.82) is 0 Å². The van der Waals surface area contributed by atoms with Gasteiger partial charge in [-0.1, -0.05) is 24.2 Å². The number of hydrogen-bond acceptors (Lipinski definition) is 4. The number of nitrogens with zero attached hydrogens (tertiary/aromatic N) is 2. The molecule has 0 radical (unpaired) electrons. The van der Waals surface area contributed by atoms with Crippen molar-refractivity contribution < 1.29 is 4.52 Å². The number of nitrogens with two attached hydrogens (primary N) is 1. The van der Waals surface area contributed by atoms with Crippen molar-refractivity contribution in [2.45, 2.75) is 13.3 Å².